The van der Waals surface area contributed by atoms with E-state index in [1.807, 2.05) is 0 Å². The van der Waals surface area contributed by atoms with E-state index in [0.717, 1.165) is 16.7 Å². The molecule has 4 nitrogen and oxygen atoms in total. The Bertz CT molecular complexity index is 623. The molecular weight excluding hydrogens is 257 g/mol. The molecule has 1 atom stereocenters. The van der Waals surface area contributed by atoms with Crippen LogP contribution in [0.25, 0.3) is 10.1 Å². The summed E-state index contributed by atoms with van der Waals surface area (Å²) < 4.78 is 14.3. The number of thiophene rings is 1. The maximum Gasteiger partial charge on any atom is 0.345 e. The Labute approximate surface area is 106 Å². The lowest BCUT2D eigenvalue weighted by Crippen LogP contribution is -2.22. The maximum atomic E-state index is 13.7. The van der Waals surface area contributed by atoms with Crippen LogP contribution in [-0.2, 0) is 4.79 Å². The van der Waals surface area contributed by atoms with Crippen molar-refractivity contribution >= 4 is 33.3 Å². The lowest BCUT2D eigenvalue weighted by atomic mass is 10.1. The number of carbonyl (C=O) groups excluding carboxylic acids is 1. The average Bonchev–Trinajstić information content (AvgIpc) is 2.79. The SMILES string of the molecule is CNC(=O)C(F)c1ccc2cc(C(=O)O)sc2c1. The van der Waals surface area contributed by atoms with Crippen LogP contribution in [0, 0.1) is 0 Å². The molecule has 1 aromatic heterocycles. The van der Waals surface area contributed by atoms with E-state index in [9.17, 15) is 14.0 Å². The molecule has 0 spiro atoms. The number of amides is 1. The Morgan fingerprint density at radius 3 is 2.72 bits per heavy atom. The molecule has 1 amide bonds. The van der Waals surface area contributed by atoms with Gasteiger partial charge in [-0.2, -0.15) is 0 Å². The molecule has 1 unspecified atom stereocenters. The van der Waals surface area contributed by atoms with Crippen molar-refractivity contribution < 1.29 is 19.1 Å². The number of aromatic carboxylic acids is 1. The van der Waals surface area contributed by atoms with E-state index >= 15 is 0 Å². The van der Waals surface area contributed by atoms with Crippen molar-refractivity contribution in [2.45, 2.75) is 6.17 Å². The third-order valence-corrected chi connectivity index (χ3v) is 3.61. The highest BCUT2D eigenvalue weighted by Crippen LogP contribution is 2.29. The Kier molecular flexibility index (Phi) is 3.29. The number of halogens is 1. The van der Waals surface area contributed by atoms with Crippen LogP contribution in [0.4, 0.5) is 4.39 Å². The topological polar surface area (TPSA) is 66.4 Å². The van der Waals surface area contributed by atoms with Gasteiger partial charge in [0.1, 0.15) is 4.88 Å². The normalized spacial score (nSPS) is 12.3. The van der Waals surface area contributed by atoms with Crippen LogP contribution in [-0.4, -0.2) is 24.0 Å². The van der Waals surface area contributed by atoms with Gasteiger partial charge < -0.3 is 10.4 Å². The minimum Gasteiger partial charge on any atom is -0.477 e. The summed E-state index contributed by atoms with van der Waals surface area (Å²) in [5, 5.41) is 11.8. The second-order valence-electron chi connectivity index (χ2n) is 3.69. The molecule has 94 valence electrons. The van der Waals surface area contributed by atoms with Gasteiger partial charge >= 0.3 is 5.97 Å². The summed E-state index contributed by atoms with van der Waals surface area (Å²) in [6.07, 6.45) is -1.74. The number of rotatable bonds is 3. The van der Waals surface area contributed by atoms with Crippen LogP contribution in [0.2, 0.25) is 0 Å². The van der Waals surface area contributed by atoms with Crippen molar-refractivity contribution in [3.63, 3.8) is 0 Å². The van der Waals surface area contributed by atoms with Crippen LogP contribution in [0.15, 0.2) is 24.3 Å². The zero-order valence-corrected chi connectivity index (χ0v) is 10.3. The van der Waals surface area contributed by atoms with Crippen molar-refractivity contribution in [2.75, 3.05) is 7.05 Å². The fraction of sp³-hybridized carbons (Fsp3) is 0.167. The smallest absolute Gasteiger partial charge is 0.345 e. The predicted molar refractivity (Wildman–Crippen MR) is 66.7 cm³/mol. The number of carboxylic acid groups (broad SMARTS) is 1. The minimum atomic E-state index is -1.74. The number of benzene rings is 1. The largest absolute Gasteiger partial charge is 0.477 e. The summed E-state index contributed by atoms with van der Waals surface area (Å²) in [4.78, 5) is 22.2. The molecule has 0 radical (unpaired) electrons. The molecule has 2 rings (SSSR count). The standard InChI is InChI=1S/C12H10FNO3S/c1-14-11(15)10(13)7-3-2-6-4-9(12(16)17)18-8(6)5-7/h2-5,10H,1H3,(H,14,15)(H,16,17). The first-order valence-corrected chi connectivity index (χ1v) is 5.97. The van der Waals surface area contributed by atoms with Gasteiger partial charge in [-0.1, -0.05) is 12.1 Å². The van der Waals surface area contributed by atoms with Crippen molar-refractivity contribution in [2.24, 2.45) is 0 Å². The molecular formula is C12H10FNO3S. The van der Waals surface area contributed by atoms with E-state index in [1.165, 1.54) is 25.2 Å². The Morgan fingerprint density at radius 2 is 2.11 bits per heavy atom. The molecule has 2 aromatic rings. The summed E-state index contributed by atoms with van der Waals surface area (Å²) in [5.41, 5.74) is 0.223. The Balaban J connectivity index is 2.43. The predicted octanol–water partition coefficient (Wildman–Crippen LogP) is 2.36. The number of fused-ring (bicyclic) bond motifs is 1. The van der Waals surface area contributed by atoms with Crippen molar-refractivity contribution in [1.82, 2.24) is 5.32 Å². The summed E-state index contributed by atoms with van der Waals surface area (Å²) in [6.45, 7) is 0. The van der Waals surface area contributed by atoms with Gasteiger partial charge in [0.15, 0.2) is 0 Å². The highest BCUT2D eigenvalue weighted by molar-refractivity contribution is 7.20. The maximum absolute atomic E-state index is 13.7. The first kappa shape index (κ1) is 12.5. The number of alkyl halides is 1. The first-order valence-electron chi connectivity index (χ1n) is 5.15. The molecule has 1 heterocycles. The summed E-state index contributed by atoms with van der Waals surface area (Å²) >= 11 is 1.06. The lowest BCUT2D eigenvalue weighted by molar-refractivity contribution is -0.125. The monoisotopic (exact) mass is 267 g/mol. The van der Waals surface area contributed by atoms with Gasteiger partial charge in [0.05, 0.1) is 0 Å². The quantitative estimate of drug-likeness (QED) is 0.897. The number of carboxylic acids is 1. The lowest BCUT2D eigenvalue weighted by Gasteiger charge is -2.06. The average molecular weight is 267 g/mol. The number of hydrogen-bond donors (Lipinski definition) is 2. The van der Waals surface area contributed by atoms with Gasteiger partial charge in [-0.05, 0) is 23.1 Å². The highest BCUT2D eigenvalue weighted by Gasteiger charge is 2.19. The molecule has 18 heavy (non-hydrogen) atoms. The van der Waals surface area contributed by atoms with Gasteiger partial charge in [0.2, 0.25) is 6.17 Å². The van der Waals surface area contributed by atoms with E-state index in [-0.39, 0.29) is 10.4 Å². The third-order valence-electron chi connectivity index (χ3n) is 2.52. The summed E-state index contributed by atoms with van der Waals surface area (Å²) in [7, 11) is 1.36. The minimum absolute atomic E-state index is 0.192. The fourth-order valence-corrected chi connectivity index (χ4v) is 2.54. The molecule has 0 aliphatic rings. The molecule has 0 aliphatic carbocycles. The number of hydrogen-bond acceptors (Lipinski definition) is 3. The molecule has 0 saturated carbocycles. The van der Waals surface area contributed by atoms with Crippen LogP contribution >= 0.6 is 11.3 Å². The molecule has 0 fully saturated rings. The number of nitrogens with one attached hydrogen (secondary N) is 1. The highest BCUT2D eigenvalue weighted by atomic mass is 32.1. The summed E-state index contributed by atoms with van der Waals surface area (Å²) in [5.74, 6) is -1.73. The van der Waals surface area contributed by atoms with Crippen LogP contribution < -0.4 is 5.32 Å². The zero-order chi connectivity index (χ0) is 13.3. The zero-order valence-electron chi connectivity index (χ0n) is 9.44. The van der Waals surface area contributed by atoms with E-state index < -0.39 is 18.0 Å². The van der Waals surface area contributed by atoms with Crippen LogP contribution in [0.5, 0.6) is 0 Å². The first-order chi connectivity index (χ1) is 8.52. The second-order valence-corrected chi connectivity index (χ2v) is 4.77. The van der Waals surface area contributed by atoms with E-state index in [1.54, 1.807) is 6.07 Å². The van der Waals surface area contributed by atoms with E-state index in [2.05, 4.69) is 5.32 Å². The Morgan fingerprint density at radius 1 is 1.39 bits per heavy atom. The number of likely N-dealkylation sites (N-methyl/N-ethyl adjacent to an activating group) is 1. The van der Waals surface area contributed by atoms with E-state index in [4.69, 9.17) is 5.11 Å². The summed E-state index contributed by atoms with van der Waals surface area (Å²) in [6, 6.07) is 6.13. The van der Waals surface area contributed by atoms with Crippen molar-refractivity contribution in [1.29, 1.82) is 0 Å². The molecule has 0 saturated heterocycles. The molecule has 6 heteroatoms. The third kappa shape index (κ3) is 2.19. The van der Waals surface area contributed by atoms with Gasteiger partial charge in [-0.3, -0.25) is 4.79 Å². The molecule has 2 N–H and O–H groups in total. The van der Waals surface area contributed by atoms with Crippen molar-refractivity contribution in [3.05, 3.63) is 34.7 Å². The second kappa shape index (κ2) is 4.73. The van der Waals surface area contributed by atoms with Gasteiger partial charge in [-0.15, -0.1) is 11.3 Å². The fourth-order valence-electron chi connectivity index (χ4n) is 1.59. The molecule has 0 bridgehead atoms. The Hall–Kier alpha value is -1.95. The van der Waals surface area contributed by atoms with E-state index in [0.29, 0.717) is 4.70 Å². The van der Waals surface area contributed by atoms with Crippen molar-refractivity contribution in [3.8, 4) is 0 Å². The molecule has 0 aliphatic heterocycles. The van der Waals surface area contributed by atoms with Crippen LogP contribution in [0.3, 0.4) is 0 Å². The van der Waals surface area contributed by atoms with Crippen LogP contribution in [0.1, 0.15) is 21.4 Å². The number of carbonyl (C=O) groups is 2. The van der Waals surface area contributed by atoms with Gasteiger partial charge in [0.25, 0.3) is 5.91 Å². The van der Waals surface area contributed by atoms with Gasteiger partial charge in [0, 0.05) is 11.7 Å². The van der Waals surface area contributed by atoms with Gasteiger partial charge in [-0.25, -0.2) is 9.18 Å². The molecule has 1 aromatic carbocycles.